The fourth-order valence-electron chi connectivity index (χ4n) is 4.00. The average Bonchev–Trinajstić information content (AvgIpc) is 3.43. The first-order valence-corrected chi connectivity index (χ1v) is 8.79. The Morgan fingerprint density at radius 1 is 1.43 bits per heavy atom. The Bertz CT molecular complexity index is 611. The highest BCUT2D eigenvalue weighted by molar-refractivity contribution is 6.14. The van der Waals surface area contributed by atoms with Gasteiger partial charge in [-0.3, -0.25) is 4.79 Å². The van der Waals surface area contributed by atoms with Crippen LogP contribution < -0.4 is 5.32 Å². The lowest BCUT2D eigenvalue weighted by atomic mass is 9.88. The summed E-state index contributed by atoms with van der Waals surface area (Å²) in [6.07, 6.45) is 3.28. The van der Waals surface area contributed by atoms with Crippen molar-refractivity contribution in [2.24, 2.45) is 5.92 Å². The molecule has 1 saturated carbocycles. The van der Waals surface area contributed by atoms with Crippen LogP contribution in [0.2, 0.25) is 5.82 Å². The molecule has 4 rings (SSSR count). The van der Waals surface area contributed by atoms with Gasteiger partial charge in [0.05, 0.1) is 12.1 Å². The van der Waals surface area contributed by atoms with Crippen molar-refractivity contribution in [3.05, 3.63) is 34.9 Å². The lowest BCUT2D eigenvalue weighted by Gasteiger charge is -2.41. The van der Waals surface area contributed by atoms with Crippen molar-refractivity contribution in [1.82, 2.24) is 10.2 Å². The van der Waals surface area contributed by atoms with Gasteiger partial charge < -0.3 is 15.3 Å². The number of aliphatic hydroxyl groups is 1. The van der Waals surface area contributed by atoms with Crippen molar-refractivity contribution < 1.29 is 9.90 Å². The molecule has 1 aromatic rings. The van der Waals surface area contributed by atoms with Crippen molar-refractivity contribution in [2.45, 2.75) is 30.1 Å². The van der Waals surface area contributed by atoms with Crippen molar-refractivity contribution in [2.75, 3.05) is 32.8 Å². The Morgan fingerprint density at radius 2 is 2.17 bits per heavy atom. The Hall–Kier alpha value is -1.17. The van der Waals surface area contributed by atoms with E-state index in [1.165, 1.54) is 17.5 Å². The van der Waals surface area contributed by atoms with Gasteiger partial charge in [0.1, 0.15) is 14.1 Å². The Kier molecular flexibility index (Phi) is 3.83. The van der Waals surface area contributed by atoms with E-state index in [1.807, 2.05) is 0 Å². The summed E-state index contributed by atoms with van der Waals surface area (Å²) in [5.41, 5.74) is 3.39. The van der Waals surface area contributed by atoms with Crippen LogP contribution in [0.3, 0.4) is 0 Å². The van der Waals surface area contributed by atoms with E-state index in [9.17, 15) is 9.90 Å². The number of rotatable bonds is 7. The van der Waals surface area contributed by atoms with Gasteiger partial charge in [-0.2, -0.15) is 0 Å². The number of carbonyl (C=O) groups is 1. The van der Waals surface area contributed by atoms with Gasteiger partial charge in [0.2, 0.25) is 0 Å². The molecule has 3 aliphatic rings. The summed E-state index contributed by atoms with van der Waals surface area (Å²) >= 11 is 0. The van der Waals surface area contributed by atoms with Crippen LogP contribution in [-0.4, -0.2) is 62.5 Å². The standard InChI is InChI=1S/C18H25BN2O2/c19-17-5-16(17)14-2-1-13(15(4-14)8-22)3-12-6-21(7-12)10-18(11-23)9-20-18/h1-2,4,8,12,16-17,20,23H,3,5-7,9-11,19H2. The molecule has 0 radical (unpaired) electrons. The largest absolute Gasteiger partial charge is 0.394 e. The van der Waals surface area contributed by atoms with Crippen LogP contribution in [0.1, 0.15) is 33.8 Å². The van der Waals surface area contributed by atoms with Gasteiger partial charge in [-0.05, 0) is 35.4 Å². The number of nitrogens with one attached hydrogen (secondary N) is 1. The highest BCUT2D eigenvalue weighted by atomic mass is 16.3. The third-order valence-corrected chi connectivity index (χ3v) is 5.88. The molecule has 23 heavy (non-hydrogen) atoms. The highest BCUT2D eigenvalue weighted by Gasteiger charge is 2.45. The van der Waals surface area contributed by atoms with Crippen molar-refractivity contribution in [1.29, 1.82) is 0 Å². The zero-order valence-electron chi connectivity index (χ0n) is 13.8. The van der Waals surface area contributed by atoms with Crippen molar-refractivity contribution >= 4 is 14.1 Å². The molecule has 2 N–H and O–H groups in total. The fourth-order valence-corrected chi connectivity index (χ4v) is 4.00. The maximum atomic E-state index is 11.4. The van der Waals surface area contributed by atoms with E-state index in [2.05, 4.69) is 36.3 Å². The molecule has 4 nitrogen and oxygen atoms in total. The molecule has 2 heterocycles. The van der Waals surface area contributed by atoms with Crippen LogP contribution in [0.4, 0.5) is 0 Å². The maximum absolute atomic E-state index is 11.4. The van der Waals surface area contributed by atoms with Gasteiger partial charge in [-0.15, -0.1) is 0 Å². The molecule has 1 aromatic carbocycles. The number of hydrogen-bond donors (Lipinski definition) is 2. The van der Waals surface area contributed by atoms with E-state index in [0.717, 1.165) is 50.3 Å². The van der Waals surface area contributed by atoms with E-state index in [-0.39, 0.29) is 12.1 Å². The number of aldehydes is 1. The summed E-state index contributed by atoms with van der Waals surface area (Å²) in [5.74, 6) is 2.08. The minimum atomic E-state index is -0.0263. The van der Waals surface area contributed by atoms with Crippen LogP contribution in [-0.2, 0) is 6.42 Å². The Balaban J connectivity index is 1.34. The molecular formula is C18H25BN2O2. The number of aliphatic hydroxyl groups excluding tert-OH is 1. The number of hydrogen-bond acceptors (Lipinski definition) is 4. The van der Waals surface area contributed by atoms with Gasteiger partial charge in [0, 0.05) is 31.7 Å². The molecule has 0 amide bonds. The van der Waals surface area contributed by atoms with Crippen molar-refractivity contribution in [3.8, 4) is 0 Å². The van der Waals surface area contributed by atoms with E-state index in [1.54, 1.807) is 0 Å². The molecule has 3 atom stereocenters. The van der Waals surface area contributed by atoms with E-state index < -0.39 is 0 Å². The maximum Gasteiger partial charge on any atom is 0.150 e. The monoisotopic (exact) mass is 312 g/mol. The van der Waals surface area contributed by atoms with Crippen LogP contribution in [0.15, 0.2) is 18.2 Å². The second-order valence-electron chi connectivity index (χ2n) is 7.95. The SMILES string of the molecule is BC1CC1c1ccc(CC2CN(CC3(CO)CN3)C2)c(C=O)c1. The van der Waals surface area contributed by atoms with Crippen LogP contribution in [0.5, 0.6) is 0 Å². The topological polar surface area (TPSA) is 62.5 Å². The van der Waals surface area contributed by atoms with Gasteiger partial charge in [0.15, 0.2) is 0 Å². The first kappa shape index (κ1) is 15.4. The molecule has 5 heteroatoms. The minimum absolute atomic E-state index is 0.0263. The van der Waals surface area contributed by atoms with Crippen LogP contribution in [0.25, 0.3) is 0 Å². The molecule has 3 unspecified atom stereocenters. The third-order valence-electron chi connectivity index (χ3n) is 5.88. The molecule has 0 spiro atoms. The molecule has 0 aromatic heterocycles. The highest BCUT2D eigenvalue weighted by Crippen LogP contribution is 2.50. The van der Waals surface area contributed by atoms with E-state index >= 15 is 0 Å². The number of nitrogens with zero attached hydrogens (tertiary/aromatic N) is 1. The van der Waals surface area contributed by atoms with Gasteiger partial charge >= 0.3 is 0 Å². The Labute approximate surface area is 138 Å². The quantitative estimate of drug-likeness (QED) is 0.429. The molecular weight excluding hydrogens is 287 g/mol. The predicted octanol–water partition coefficient (Wildman–Crippen LogP) is 0.217. The van der Waals surface area contributed by atoms with Crippen LogP contribution >= 0.6 is 0 Å². The van der Waals surface area contributed by atoms with Gasteiger partial charge in [-0.1, -0.05) is 24.4 Å². The normalized spacial score (nSPS) is 33.3. The minimum Gasteiger partial charge on any atom is -0.394 e. The predicted molar refractivity (Wildman–Crippen MR) is 92.9 cm³/mol. The van der Waals surface area contributed by atoms with Crippen LogP contribution in [0, 0.1) is 5.92 Å². The Morgan fingerprint density at radius 3 is 2.74 bits per heavy atom. The number of likely N-dealkylation sites (tertiary alicyclic amines) is 1. The molecule has 122 valence electrons. The summed E-state index contributed by atoms with van der Waals surface area (Å²) in [4.78, 5) is 13.8. The summed E-state index contributed by atoms with van der Waals surface area (Å²) < 4.78 is 0. The number of carbonyl (C=O) groups excluding carboxylic acids is 1. The van der Waals surface area contributed by atoms with E-state index in [0.29, 0.717) is 11.8 Å². The summed E-state index contributed by atoms with van der Waals surface area (Å²) in [7, 11) is 2.27. The zero-order chi connectivity index (χ0) is 16.0. The summed E-state index contributed by atoms with van der Waals surface area (Å²) in [6.45, 7) is 4.25. The first-order valence-electron chi connectivity index (χ1n) is 8.79. The second-order valence-corrected chi connectivity index (χ2v) is 7.95. The molecule has 2 aliphatic heterocycles. The number of benzene rings is 1. The summed E-state index contributed by atoms with van der Waals surface area (Å²) in [6, 6.07) is 6.51. The van der Waals surface area contributed by atoms with Gasteiger partial charge in [-0.25, -0.2) is 0 Å². The summed E-state index contributed by atoms with van der Waals surface area (Å²) in [5, 5.41) is 12.6. The first-order chi connectivity index (χ1) is 11.1. The molecule has 0 bridgehead atoms. The lowest BCUT2D eigenvalue weighted by molar-refractivity contribution is 0.0765. The van der Waals surface area contributed by atoms with Gasteiger partial charge in [0.25, 0.3) is 0 Å². The zero-order valence-corrected chi connectivity index (χ0v) is 13.8. The third kappa shape index (κ3) is 3.10. The molecule has 3 fully saturated rings. The molecule has 1 aliphatic carbocycles. The molecule has 2 saturated heterocycles. The lowest BCUT2D eigenvalue weighted by Crippen LogP contribution is -2.52. The average molecular weight is 312 g/mol. The van der Waals surface area contributed by atoms with E-state index in [4.69, 9.17) is 0 Å². The second kappa shape index (κ2) is 5.73. The van der Waals surface area contributed by atoms with Crippen molar-refractivity contribution in [3.63, 3.8) is 0 Å². The smallest absolute Gasteiger partial charge is 0.150 e. The fraction of sp³-hybridized carbons (Fsp3) is 0.611.